The Morgan fingerprint density at radius 2 is 2.00 bits per heavy atom. The van der Waals surface area contributed by atoms with Crippen molar-refractivity contribution in [2.45, 2.75) is 19.9 Å². The molecule has 3 heteroatoms. The number of benzene rings is 1. The van der Waals surface area contributed by atoms with Crippen molar-refractivity contribution >= 4 is 5.76 Å². The third-order valence-corrected chi connectivity index (χ3v) is 3.49. The largest absolute Gasteiger partial charge is 0.508 e. The van der Waals surface area contributed by atoms with E-state index in [-0.39, 0.29) is 5.75 Å². The van der Waals surface area contributed by atoms with Crippen LogP contribution in [0.4, 0.5) is 0 Å². The van der Waals surface area contributed by atoms with Crippen molar-refractivity contribution in [1.82, 2.24) is 5.32 Å². The summed E-state index contributed by atoms with van der Waals surface area (Å²) in [5.74, 6) is 1.13. The molecule has 0 saturated heterocycles. The smallest absolute Gasteiger partial charge is 0.127 e. The minimum Gasteiger partial charge on any atom is -0.508 e. The summed E-state index contributed by atoms with van der Waals surface area (Å²) in [5.41, 5.74) is 4.63. The van der Waals surface area contributed by atoms with Gasteiger partial charge in [0.1, 0.15) is 18.1 Å². The lowest BCUT2D eigenvalue weighted by Crippen LogP contribution is -2.29. The highest BCUT2D eigenvalue weighted by Crippen LogP contribution is 2.31. The monoisotopic (exact) mass is 255 g/mol. The van der Waals surface area contributed by atoms with Crippen LogP contribution >= 0.6 is 0 Å². The predicted molar refractivity (Wildman–Crippen MR) is 75.4 cm³/mol. The second-order valence-electron chi connectivity index (χ2n) is 5.00. The summed E-state index contributed by atoms with van der Waals surface area (Å²) in [5, 5.41) is 12.7. The summed E-state index contributed by atoms with van der Waals surface area (Å²) in [7, 11) is 0. The third-order valence-electron chi connectivity index (χ3n) is 3.49. The van der Waals surface area contributed by atoms with E-state index in [0.717, 1.165) is 11.3 Å². The summed E-state index contributed by atoms with van der Waals surface area (Å²) in [6.07, 6.45) is 4.29. The first-order valence-corrected chi connectivity index (χ1v) is 6.46. The molecule has 1 aromatic rings. The lowest BCUT2D eigenvalue weighted by molar-refractivity contribution is 0.302. The summed E-state index contributed by atoms with van der Waals surface area (Å²) in [6.45, 7) is 4.81. The Morgan fingerprint density at radius 1 is 1.26 bits per heavy atom. The van der Waals surface area contributed by atoms with E-state index < -0.39 is 0 Å². The van der Waals surface area contributed by atoms with Gasteiger partial charge in [0, 0.05) is 22.9 Å². The molecule has 3 rings (SSSR count). The zero-order chi connectivity index (χ0) is 13.4. The summed E-state index contributed by atoms with van der Waals surface area (Å²) in [4.78, 5) is 0. The van der Waals surface area contributed by atoms with Gasteiger partial charge >= 0.3 is 0 Å². The Hall–Kier alpha value is -2.16. The molecule has 0 spiro atoms. The van der Waals surface area contributed by atoms with Gasteiger partial charge in [0.05, 0.1) is 0 Å². The first kappa shape index (κ1) is 11.9. The molecule has 0 bridgehead atoms. The molecule has 98 valence electrons. The van der Waals surface area contributed by atoms with Crippen LogP contribution in [0.1, 0.15) is 19.4 Å². The Balaban J connectivity index is 1.98. The highest BCUT2D eigenvalue weighted by Gasteiger charge is 2.21. The molecule has 2 aliphatic rings. The van der Waals surface area contributed by atoms with Crippen molar-refractivity contribution < 1.29 is 9.84 Å². The summed E-state index contributed by atoms with van der Waals surface area (Å²) >= 11 is 0. The van der Waals surface area contributed by atoms with Gasteiger partial charge in [0.15, 0.2) is 0 Å². The van der Waals surface area contributed by atoms with E-state index in [9.17, 15) is 5.11 Å². The van der Waals surface area contributed by atoms with E-state index in [2.05, 4.69) is 31.3 Å². The maximum atomic E-state index is 9.32. The van der Waals surface area contributed by atoms with Gasteiger partial charge in [-0.25, -0.2) is 0 Å². The van der Waals surface area contributed by atoms with Crippen LogP contribution in [0.3, 0.4) is 0 Å². The van der Waals surface area contributed by atoms with Gasteiger partial charge in [-0.2, -0.15) is 0 Å². The van der Waals surface area contributed by atoms with Crippen LogP contribution in [0.5, 0.6) is 5.75 Å². The molecule has 0 aromatic heterocycles. The Kier molecular flexibility index (Phi) is 2.82. The number of ether oxygens (including phenoxy) is 1. The minimum atomic E-state index is 0.270. The van der Waals surface area contributed by atoms with E-state index in [1.807, 2.05) is 12.1 Å². The minimum absolute atomic E-state index is 0.270. The highest BCUT2D eigenvalue weighted by molar-refractivity contribution is 5.68. The quantitative estimate of drug-likeness (QED) is 0.810. The molecule has 2 aliphatic heterocycles. The number of phenols is 1. The van der Waals surface area contributed by atoms with Gasteiger partial charge < -0.3 is 15.2 Å². The van der Waals surface area contributed by atoms with Crippen LogP contribution in [0, 0.1) is 0 Å². The van der Waals surface area contributed by atoms with Crippen LogP contribution < -0.4 is 5.32 Å². The van der Waals surface area contributed by atoms with Gasteiger partial charge in [-0.1, -0.05) is 6.08 Å². The number of nitrogens with one attached hydrogen (secondary N) is 1. The molecule has 3 nitrogen and oxygen atoms in total. The molecule has 1 aromatic carbocycles. The van der Waals surface area contributed by atoms with Crippen molar-refractivity contribution in [3.63, 3.8) is 0 Å². The zero-order valence-electron chi connectivity index (χ0n) is 11.1. The van der Waals surface area contributed by atoms with E-state index in [4.69, 9.17) is 4.74 Å². The SMILES string of the molecule is CC1=C2COC(c3ccc(O)cc3)=CC2=CC(C)N1. The number of phenolic OH excluding ortho intramolecular Hbond substituents is 1. The van der Waals surface area contributed by atoms with Crippen molar-refractivity contribution in [3.8, 4) is 5.75 Å². The molecular weight excluding hydrogens is 238 g/mol. The number of hydrogen-bond acceptors (Lipinski definition) is 3. The predicted octanol–water partition coefficient (Wildman–Crippen LogP) is 2.96. The van der Waals surface area contributed by atoms with Gasteiger partial charge in [-0.3, -0.25) is 0 Å². The maximum absolute atomic E-state index is 9.32. The number of rotatable bonds is 1. The number of aromatic hydroxyl groups is 1. The zero-order valence-corrected chi connectivity index (χ0v) is 11.1. The van der Waals surface area contributed by atoms with Crippen LogP contribution in [0.2, 0.25) is 0 Å². The number of fused-ring (bicyclic) bond motifs is 1. The third kappa shape index (κ3) is 2.24. The lowest BCUT2D eigenvalue weighted by Gasteiger charge is -2.28. The van der Waals surface area contributed by atoms with Gasteiger partial charge in [-0.15, -0.1) is 0 Å². The molecule has 0 aliphatic carbocycles. The molecule has 0 radical (unpaired) electrons. The fraction of sp³-hybridized carbons (Fsp3) is 0.250. The van der Waals surface area contributed by atoms with E-state index in [1.54, 1.807) is 12.1 Å². The lowest BCUT2D eigenvalue weighted by atomic mass is 9.95. The molecule has 0 saturated carbocycles. The molecule has 2 N–H and O–H groups in total. The number of hydrogen-bond donors (Lipinski definition) is 2. The highest BCUT2D eigenvalue weighted by atomic mass is 16.5. The number of allylic oxidation sites excluding steroid dienone is 2. The maximum Gasteiger partial charge on any atom is 0.127 e. The van der Waals surface area contributed by atoms with Crippen LogP contribution in [-0.4, -0.2) is 17.8 Å². The molecule has 1 unspecified atom stereocenters. The number of dihydropyridines is 1. The molecule has 0 fully saturated rings. The second-order valence-corrected chi connectivity index (χ2v) is 5.00. The first-order valence-electron chi connectivity index (χ1n) is 6.46. The standard InChI is InChI=1S/C16H17NO2/c1-10-7-13-8-16(12-3-5-14(18)6-4-12)19-9-15(13)11(2)17-10/h3-8,10,17-18H,9H2,1-2H3. The fourth-order valence-corrected chi connectivity index (χ4v) is 2.51. The van der Waals surface area contributed by atoms with Crippen molar-refractivity contribution in [3.05, 3.63) is 58.8 Å². The molecular formula is C16H17NO2. The average molecular weight is 255 g/mol. The van der Waals surface area contributed by atoms with Crippen LogP contribution in [-0.2, 0) is 4.74 Å². The van der Waals surface area contributed by atoms with Crippen molar-refractivity contribution in [2.75, 3.05) is 6.61 Å². The van der Waals surface area contributed by atoms with Gasteiger partial charge in [0.2, 0.25) is 0 Å². The Labute approximate surface area is 112 Å². The van der Waals surface area contributed by atoms with E-state index in [1.165, 1.54) is 16.8 Å². The topological polar surface area (TPSA) is 41.5 Å². The molecule has 1 atom stereocenters. The van der Waals surface area contributed by atoms with Gasteiger partial charge in [0.25, 0.3) is 0 Å². The van der Waals surface area contributed by atoms with Crippen molar-refractivity contribution in [2.24, 2.45) is 0 Å². The van der Waals surface area contributed by atoms with Gasteiger partial charge in [-0.05, 0) is 49.8 Å². The van der Waals surface area contributed by atoms with Crippen LogP contribution in [0.25, 0.3) is 5.76 Å². The Morgan fingerprint density at radius 3 is 2.74 bits per heavy atom. The first-order chi connectivity index (χ1) is 9.13. The average Bonchev–Trinajstić information content (AvgIpc) is 2.38. The second kappa shape index (κ2) is 4.50. The van der Waals surface area contributed by atoms with E-state index in [0.29, 0.717) is 12.6 Å². The van der Waals surface area contributed by atoms with E-state index >= 15 is 0 Å². The molecule has 19 heavy (non-hydrogen) atoms. The van der Waals surface area contributed by atoms with Crippen molar-refractivity contribution in [1.29, 1.82) is 0 Å². The fourth-order valence-electron chi connectivity index (χ4n) is 2.51. The summed E-state index contributed by atoms with van der Waals surface area (Å²) < 4.78 is 5.82. The molecule has 0 amide bonds. The Bertz CT molecular complexity index is 594. The molecule has 2 heterocycles. The normalized spacial score (nSPS) is 21.9. The summed E-state index contributed by atoms with van der Waals surface area (Å²) in [6, 6.07) is 7.43. The van der Waals surface area contributed by atoms with Crippen LogP contribution in [0.15, 0.2) is 53.3 Å².